The van der Waals surface area contributed by atoms with Crippen molar-refractivity contribution < 1.29 is 9.00 Å². The molecule has 100 valence electrons. The summed E-state index contributed by atoms with van der Waals surface area (Å²) in [7, 11) is -0.708. The van der Waals surface area contributed by atoms with Gasteiger partial charge in [-0.15, -0.1) is 0 Å². The van der Waals surface area contributed by atoms with Gasteiger partial charge in [0.15, 0.2) is 5.69 Å². The van der Waals surface area contributed by atoms with Gasteiger partial charge in [0.2, 0.25) is 0 Å². The maximum Gasteiger partial charge on any atom is 0.272 e. The Labute approximate surface area is 113 Å². The number of H-pyrrole nitrogens is 1. The van der Waals surface area contributed by atoms with Crippen LogP contribution in [0.2, 0.25) is 0 Å². The maximum atomic E-state index is 12.2. The first-order chi connectivity index (χ1) is 9.24. The maximum absolute atomic E-state index is 12.2. The van der Waals surface area contributed by atoms with E-state index in [1.165, 1.54) is 0 Å². The molecule has 1 fully saturated rings. The Balaban J connectivity index is 1.75. The molecule has 1 aromatic carbocycles. The van der Waals surface area contributed by atoms with Gasteiger partial charge in [0.25, 0.3) is 5.91 Å². The van der Waals surface area contributed by atoms with Gasteiger partial charge in [-0.1, -0.05) is 18.2 Å². The van der Waals surface area contributed by atoms with Crippen LogP contribution < -0.4 is 5.32 Å². The topological polar surface area (TPSA) is 74.8 Å². The third-order valence-electron chi connectivity index (χ3n) is 3.41. The van der Waals surface area contributed by atoms with Gasteiger partial charge in [0.1, 0.15) is 0 Å². The van der Waals surface area contributed by atoms with E-state index in [9.17, 15) is 9.00 Å². The second-order valence-corrected chi connectivity index (χ2v) is 6.41. The van der Waals surface area contributed by atoms with Gasteiger partial charge in [0.05, 0.1) is 5.52 Å². The summed E-state index contributed by atoms with van der Waals surface area (Å²) in [5, 5.41) is 10.7. The molecule has 2 aromatic rings. The SMILES string of the molecule is O=C(NC1CCS(=O)CC1)c1n[nH]c2ccccc12. The Morgan fingerprint density at radius 2 is 2.05 bits per heavy atom. The number of aromatic amines is 1. The number of para-hydroxylation sites is 1. The van der Waals surface area contributed by atoms with Gasteiger partial charge in [-0.3, -0.25) is 14.1 Å². The lowest BCUT2D eigenvalue weighted by atomic mass is 10.1. The summed E-state index contributed by atoms with van der Waals surface area (Å²) in [5.41, 5.74) is 1.29. The van der Waals surface area contributed by atoms with E-state index in [0.29, 0.717) is 17.2 Å². The van der Waals surface area contributed by atoms with Crippen molar-refractivity contribution in [3.63, 3.8) is 0 Å². The van der Waals surface area contributed by atoms with Crippen LogP contribution in [0, 0.1) is 0 Å². The lowest BCUT2D eigenvalue weighted by Gasteiger charge is -2.22. The van der Waals surface area contributed by atoms with Gasteiger partial charge in [-0.2, -0.15) is 5.10 Å². The van der Waals surface area contributed by atoms with E-state index in [-0.39, 0.29) is 11.9 Å². The molecule has 0 unspecified atom stereocenters. The minimum atomic E-state index is -0.708. The van der Waals surface area contributed by atoms with E-state index in [0.717, 1.165) is 23.7 Å². The number of nitrogens with one attached hydrogen (secondary N) is 2. The first kappa shape index (κ1) is 12.3. The smallest absolute Gasteiger partial charge is 0.272 e. The summed E-state index contributed by atoms with van der Waals surface area (Å²) < 4.78 is 11.3. The molecule has 0 bridgehead atoms. The number of aromatic nitrogens is 2. The van der Waals surface area contributed by atoms with Crippen molar-refractivity contribution in [3.8, 4) is 0 Å². The predicted molar refractivity (Wildman–Crippen MR) is 74.5 cm³/mol. The van der Waals surface area contributed by atoms with Crippen molar-refractivity contribution in [1.82, 2.24) is 15.5 Å². The fraction of sp³-hybridized carbons (Fsp3) is 0.385. The molecule has 1 aliphatic heterocycles. The van der Waals surface area contributed by atoms with Crippen molar-refractivity contribution in [2.75, 3.05) is 11.5 Å². The van der Waals surface area contributed by atoms with Crippen molar-refractivity contribution in [2.24, 2.45) is 0 Å². The highest BCUT2D eigenvalue weighted by Gasteiger charge is 2.22. The average molecular weight is 277 g/mol. The highest BCUT2D eigenvalue weighted by Crippen LogP contribution is 2.16. The van der Waals surface area contributed by atoms with E-state index in [1.807, 2.05) is 24.3 Å². The molecule has 1 aliphatic rings. The molecule has 1 saturated heterocycles. The number of nitrogens with zero attached hydrogens (tertiary/aromatic N) is 1. The summed E-state index contributed by atoms with van der Waals surface area (Å²) in [4.78, 5) is 12.2. The first-order valence-corrected chi connectivity index (χ1v) is 7.82. The molecule has 2 N–H and O–H groups in total. The number of fused-ring (bicyclic) bond motifs is 1. The third-order valence-corrected chi connectivity index (χ3v) is 4.79. The molecule has 0 aliphatic carbocycles. The molecule has 3 rings (SSSR count). The first-order valence-electron chi connectivity index (χ1n) is 6.33. The molecule has 6 heteroatoms. The van der Waals surface area contributed by atoms with E-state index in [4.69, 9.17) is 0 Å². The van der Waals surface area contributed by atoms with Crippen molar-refractivity contribution >= 4 is 27.6 Å². The zero-order valence-electron chi connectivity index (χ0n) is 10.4. The largest absolute Gasteiger partial charge is 0.348 e. The van der Waals surface area contributed by atoms with Gasteiger partial charge < -0.3 is 5.32 Å². The molecule has 0 spiro atoms. The van der Waals surface area contributed by atoms with Gasteiger partial charge >= 0.3 is 0 Å². The Morgan fingerprint density at radius 3 is 2.84 bits per heavy atom. The predicted octanol–water partition coefficient (Wildman–Crippen LogP) is 1.20. The van der Waals surface area contributed by atoms with Crippen LogP contribution in [-0.2, 0) is 10.8 Å². The second kappa shape index (κ2) is 5.13. The van der Waals surface area contributed by atoms with Crippen LogP contribution in [0.1, 0.15) is 23.3 Å². The Hall–Kier alpha value is -1.69. The number of benzene rings is 1. The number of hydrogen-bond donors (Lipinski definition) is 2. The number of carbonyl (C=O) groups is 1. The Morgan fingerprint density at radius 1 is 1.32 bits per heavy atom. The van der Waals surface area contributed by atoms with Crippen LogP contribution in [0.15, 0.2) is 24.3 Å². The minimum Gasteiger partial charge on any atom is -0.348 e. The van der Waals surface area contributed by atoms with Gasteiger partial charge in [-0.05, 0) is 18.9 Å². The molecule has 5 nitrogen and oxygen atoms in total. The van der Waals surface area contributed by atoms with Gasteiger partial charge in [-0.25, -0.2) is 0 Å². The molecule has 1 aromatic heterocycles. The molecule has 1 amide bonds. The number of hydrogen-bond acceptors (Lipinski definition) is 3. The lowest BCUT2D eigenvalue weighted by Crippen LogP contribution is -2.39. The lowest BCUT2D eigenvalue weighted by molar-refractivity contribution is 0.0931. The molecule has 2 heterocycles. The fourth-order valence-corrected chi connectivity index (χ4v) is 3.63. The van der Waals surface area contributed by atoms with Crippen LogP contribution in [0.5, 0.6) is 0 Å². The molecular weight excluding hydrogens is 262 g/mol. The van der Waals surface area contributed by atoms with E-state index in [2.05, 4.69) is 15.5 Å². The number of amides is 1. The highest BCUT2D eigenvalue weighted by molar-refractivity contribution is 7.85. The second-order valence-electron chi connectivity index (χ2n) is 4.71. The normalized spacial score (nSPS) is 23.4. The van der Waals surface area contributed by atoms with Crippen LogP contribution in [-0.4, -0.2) is 37.9 Å². The van der Waals surface area contributed by atoms with Crippen molar-refractivity contribution in [2.45, 2.75) is 18.9 Å². The summed E-state index contributed by atoms with van der Waals surface area (Å²) in [5.74, 6) is 1.19. The van der Waals surface area contributed by atoms with Crippen molar-refractivity contribution in [1.29, 1.82) is 0 Å². The highest BCUT2D eigenvalue weighted by atomic mass is 32.2. The molecule has 0 saturated carbocycles. The van der Waals surface area contributed by atoms with Crippen LogP contribution >= 0.6 is 0 Å². The third kappa shape index (κ3) is 2.53. The Bertz CT molecular complexity index is 628. The van der Waals surface area contributed by atoms with Crippen molar-refractivity contribution in [3.05, 3.63) is 30.0 Å². The molecular formula is C13H15N3O2S. The van der Waals surface area contributed by atoms with E-state index >= 15 is 0 Å². The quantitative estimate of drug-likeness (QED) is 0.866. The summed E-state index contributed by atoms with van der Waals surface area (Å²) in [6.07, 6.45) is 1.56. The standard InChI is InChI=1S/C13H15N3O2S/c17-13(14-9-5-7-19(18)8-6-9)12-10-3-1-2-4-11(10)15-16-12/h1-4,9H,5-8H2,(H,14,17)(H,15,16). The van der Waals surface area contributed by atoms with Crippen LogP contribution in [0.3, 0.4) is 0 Å². The molecule has 19 heavy (non-hydrogen) atoms. The Kier molecular flexibility index (Phi) is 3.33. The molecule has 0 radical (unpaired) electrons. The number of rotatable bonds is 2. The van der Waals surface area contributed by atoms with E-state index < -0.39 is 10.8 Å². The zero-order valence-corrected chi connectivity index (χ0v) is 11.2. The van der Waals surface area contributed by atoms with Crippen LogP contribution in [0.25, 0.3) is 10.9 Å². The minimum absolute atomic E-state index is 0.112. The number of carbonyl (C=O) groups excluding carboxylic acids is 1. The summed E-state index contributed by atoms with van der Waals surface area (Å²) in [6.45, 7) is 0. The van der Waals surface area contributed by atoms with E-state index in [1.54, 1.807) is 0 Å². The average Bonchev–Trinajstić information content (AvgIpc) is 2.85. The monoisotopic (exact) mass is 277 g/mol. The van der Waals surface area contributed by atoms with Crippen LogP contribution in [0.4, 0.5) is 0 Å². The van der Waals surface area contributed by atoms with Gasteiger partial charge in [0, 0.05) is 33.7 Å². The fourth-order valence-electron chi connectivity index (χ4n) is 2.33. The summed E-state index contributed by atoms with van der Waals surface area (Å²) >= 11 is 0. The molecule has 0 atom stereocenters. The summed E-state index contributed by atoms with van der Waals surface area (Å²) in [6, 6.07) is 7.67. The zero-order chi connectivity index (χ0) is 13.2.